The highest BCUT2D eigenvalue weighted by atomic mass is 35.5. The van der Waals surface area contributed by atoms with Crippen LogP contribution < -0.4 is 0 Å². The molecule has 18 heavy (non-hydrogen) atoms. The molecule has 0 radical (unpaired) electrons. The fraction of sp³-hybridized carbons (Fsp3) is 0.0833. The second kappa shape index (κ2) is 4.96. The first kappa shape index (κ1) is 11.5. The second-order valence-electron chi connectivity index (χ2n) is 3.69. The van der Waals surface area contributed by atoms with Crippen LogP contribution in [0.3, 0.4) is 0 Å². The van der Waals surface area contributed by atoms with Crippen molar-refractivity contribution in [2.45, 2.75) is 10.9 Å². The smallest absolute Gasteiger partial charge is 0.195 e. The van der Waals surface area contributed by atoms with Gasteiger partial charge in [-0.1, -0.05) is 35.5 Å². The van der Waals surface area contributed by atoms with Crippen molar-refractivity contribution in [1.29, 1.82) is 0 Å². The SMILES string of the molecule is Clc1ccc(CSc2nnc3ccccn23)cn1. The number of aromatic nitrogens is 4. The molecule has 3 rings (SSSR count). The Morgan fingerprint density at radius 1 is 1.17 bits per heavy atom. The Morgan fingerprint density at radius 3 is 2.94 bits per heavy atom. The maximum atomic E-state index is 5.75. The molecule has 6 heteroatoms. The standard InChI is InChI=1S/C12H9ClN4S/c13-10-5-4-9(7-14-10)8-18-12-16-15-11-3-1-2-6-17(11)12/h1-7H,8H2. The minimum Gasteiger partial charge on any atom is -0.277 e. The molecule has 0 N–H and O–H groups in total. The Hall–Kier alpha value is -1.59. The summed E-state index contributed by atoms with van der Waals surface area (Å²) in [6.07, 6.45) is 3.73. The van der Waals surface area contributed by atoms with Crippen molar-refractivity contribution in [3.05, 3.63) is 53.4 Å². The van der Waals surface area contributed by atoms with E-state index in [0.717, 1.165) is 22.1 Å². The van der Waals surface area contributed by atoms with E-state index in [4.69, 9.17) is 11.6 Å². The van der Waals surface area contributed by atoms with E-state index in [0.29, 0.717) is 5.15 Å². The second-order valence-corrected chi connectivity index (χ2v) is 5.02. The van der Waals surface area contributed by atoms with E-state index < -0.39 is 0 Å². The normalized spacial score (nSPS) is 10.9. The zero-order valence-electron chi connectivity index (χ0n) is 9.32. The van der Waals surface area contributed by atoms with Crippen LogP contribution >= 0.6 is 23.4 Å². The van der Waals surface area contributed by atoms with Gasteiger partial charge in [0.25, 0.3) is 0 Å². The number of halogens is 1. The van der Waals surface area contributed by atoms with E-state index in [9.17, 15) is 0 Å². The molecule has 0 aromatic carbocycles. The predicted molar refractivity (Wildman–Crippen MR) is 71.8 cm³/mol. The number of hydrogen-bond acceptors (Lipinski definition) is 4. The zero-order valence-corrected chi connectivity index (χ0v) is 10.9. The van der Waals surface area contributed by atoms with E-state index >= 15 is 0 Å². The Balaban J connectivity index is 1.79. The van der Waals surface area contributed by atoms with Crippen LogP contribution in [0, 0.1) is 0 Å². The van der Waals surface area contributed by atoms with Crippen LogP contribution in [-0.2, 0) is 5.75 Å². The molecule has 0 saturated carbocycles. The van der Waals surface area contributed by atoms with Crippen LogP contribution in [0.1, 0.15) is 5.56 Å². The van der Waals surface area contributed by atoms with Crippen LogP contribution in [0.15, 0.2) is 47.9 Å². The minimum atomic E-state index is 0.511. The fourth-order valence-corrected chi connectivity index (χ4v) is 2.53. The van der Waals surface area contributed by atoms with Crippen molar-refractivity contribution < 1.29 is 0 Å². The van der Waals surface area contributed by atoms with Crippen LogP contribution in [0.2, 0.25) is 5.15 Å². The summed E-state index contributed by atoms with van der Waals surface area (Å²) in [7, 11) is 0. The maximum absolute atomic E-state index is 5.75. The summed E-state index contributed by atoms with van der Waals surface area (Å²) >= 11 is 7.37. The molecule has 4 nitrogen and oxygen atoms in total. The molecule has 0 aliphatic carbocycles. The molecule has 0 spiro atoms. The highest BCUT2D eigenvalue weighted by Gasteiger charge is 2.05. The molecule has 0 amide bonds. The van der Waals surface area contributed by atoms with Crippen LogP contribution in [0.4, 0.5) is 0 Å². The number of pyridine rings is 2. The molecular formula is C12H9ClN4S. The van der Waals surface area contributed by atoms with Gasteiger partial charge in [-0.3, -0.25) is 4.40 Å². The van der Waals surface area contributed by atoms with Crippen LogP contribution in [-0.4, -0.2) is 19.6 Å². The van der Waals surface area contributed by atoms with Gasteiger partial charge in [-0.2, -0.15) is 0 Å². The number of nitrogens with zero attached hydrogens (tertiary/aromatic N) is 4. The molecular weight excluding hydrogens is 268 g/mol. The third-order valence-electron chi connectivity index (χ3n) is 2.44. The molecule has 0 fully saturated rings. The van der Waals surface area contributed by atoms with Gasteiger partial charge in [-0.05, 0) is 23.8 Å². The average molecular weight is 277 g/mol. The van der Waals surface area contributed by atoms with Crippen LogP contribution in [0.25, 0.3) is 5.65 Å². The first-order valence-electron chi connectivity index (χ1n) is 5.36. The molecule has 3 aromatic heterocycles. The van der Waals surface area contributed by atoms with E-state index in [2.05, 4.69) is 15.2 Å². The highest BCUT2D eigenvalue weighted by Crippen LogP contribution is 2.21. The van der Waals surface area contributed by atoms with Gasteiger partial charge < -0.3 is 0 Å². The summed E-state index contributed by atoms with van der Waals surface area (Å²) in [5, 5.41) is 9.64. The molecule has 0 atom stereocenters. The maximum Gasteiger partial charge on any atom is 0.195 e. The largest absolute Gasteiger partial charge is 0.277 e. The summed E-state index contributed by atoms with van der Waals surface area (Å²) < 4.78 is 1.97. The Kier molecular flexibility index (Phi) is 3.17. The topological polar surface area (TPSA) is 43.1 Å². The Labute approximate surface area is 113 Å². The predicted octanol–water partition coefficient (Wildman–Crippen LogP) is 3.07. The average Bonchev–Trinajstić information content (AvgIpc) is 2.82. The number of thioether (sulfide) groups is 1. The number of rotatable bonds is 3. The van der Waals surface area contributed by atoms with Crippen molar-refractivity contribution in [2.24, 2.45) is 0 Å². The van der Waals surface area contributed by atoms with Gasteiger partial charge in [0, 0.05) is 18.1 Å². The van der Waals surface area contributed by atoms with Crippen molar-refractivity contribution in [3.63, 3.8) is 0 Å². The first-order valence-corrected chi connectivity index (χ1v) is 6.72. The van der Waals surface area contributed by atoms with Crippen LogP contribution in [0.5, 0.6) is 0 Å². The van der Waals surface area contributed by atoms with E-state index in [1.807, 2.05) is 34.9 Å². The molecule has 0 aliphatic heterocycles. The molecule has 3 aromatic rings. The lowest BCUT2D eigenvalue weighted by Crippen LogP contribution is -1.88. The quantitative estimate of drug-likeness (QED) is 0.545. The van der Waals surface area contributed by atoms with Gasteiger partial charge in [0.1, 0.15) is 5.15 Å². The minimum absolute atomic E-state index is 0.511. The Bertz CT molecular complexity index is 665. The van der Waals surface area contributed by atoms with Crippen molar-refractivity contribution >= 4 is 29.0 Å². The summed E-state index contributed by atoms with van der Waals surface area (Å²) in [6.45, 7) is 0. The molecule has 0 aliphatic rings. The summed E-state index contributed by atoms with van der Waals surface area (Å²) in [4.78, 5) is 4.05. The third-order valence-corrected chi connectivity index (χ3v) is 3.68. The summed E-state index contributed by atoms with van der Waals surface area (Å²) in [5.74, 6) is 0.792. The lowest BCUT2D eigenvalue weighted by atomic mass is 10.3. The molecule has 0 saturated heterocycles. The number of hydrogen-bond donors (Lipinski definition) is 0. The number of fused-ring (bicyclic) bond motifs is 1. The first-order chi connectivity index (χ1) is 8.83. The molecule has 0 unspecified atom stereocenters. The van der Waals surface area contributed by atoms with Crippen molar-refractivity contribution in [2.75, 3.05) is 0 Å². The van der Waals surface area contributed by atoms with E-state index in [1.54, 1.807) is 24.0 Å². The summed E-state index contributed by atoms with van der Waals surface area (Å²) in [6, 6.07) is 9.59. The lowest BCUT2D eigenvalue weighted by molar-refractivity contribution is 0.921. The van der Waals surface area contributed by atoms with Crippen molar-refractivity contribution in [1.82, 2.24) is 19.6 Å². The van der Waals surface area contributed by atoms with Gasteiger partial charge in [0.2, 0.25) is 0 Å². The Morgan fingerprint density at radius 2 is 2.11 bits per heavy atom. The van der Waals surface area contributed by atoms with E-state index in [-0.39, 0.29) is 0 Å². The summed E-state index contributed by atoms with van der Waals surface area (Å²) in [5.41, 5.74) is 1.96. The molecule has 90 valence electrons. The van der Waals surface area contributed by atoms with Gasteiger partial charge in [-0.25, -0.2) is 4.98 Å². The molecule has 0 bridgehead atoms. The highest BCUT2D eigenvalue weighted by molar-refractivity contribution is 7.98. The van der Waals surface area contributed by atoms with E-state index in [1.165, 1.54) is 0 Å². The lowest BCUT2D eigenvalue weighted by Gasteiger charge is -2.00. The fourth-order valence-electron chi connectivity index (χ4n) is 1.56. The van der Waals surface area contributed by atoms with Gasteiger partial charge in [0.05, 0.1) is 0 Å². The van der Waals surface area contributed by atoms with Gasteiger partial charge in [0.15, 0.2) is 10.8 Å². The monoisotopic (exact) mass is 276 g/mol. The molecule has 3 heterocycles. The van der Waals surface area contributed by atoms with Gasteiger partial charge in [-0.15, -0.1) is 10.2 Å². The van der Waals surface area contributed by atoms with Crippen molar-refractivity contribution in [3.8, 4) is 0 Å². The third kappa shape index (κ3) is 2.32. The zero-order chi connectivity index (χ0) is 12.4. The van der Waals surface area contributed by atoms with Gasteiger partial charge >= 0.3 is 0 Å².